The van der Waals surface area contributed by atoms with E-state index >= 15 is 0 Å². The Morgan fingerprint density at radius 2 is 1.57 bits per heavy atom. The van der Waals surface area contributed by atoms with E-state index in [1.54, 1.807) is 19.1 Å². The van der Waals surface area contributed by atoms with Crippen LogP contribution in [0, 0.1) is 0 Å². The van der Waals surface area contributed by atoms with Crippen LogP contribution in [-0.4, -0.2) is 39.4 Å². The SMILES string of the molecule is COc1cc(C=NNC(=O)C(=O)N[C@H](C)c2ccccc2)cc(OC)c1OC. The summed E-state index contributed by atoms with van der Waals surface area (Å²) in [6.07, 6.45) is 1.37. The minimum atomic E-state index is -0.869. The zero-order valence-corrected chi connectivity index (χ0v) is 16.2. The first-order valence-electron chi connectivity index (χ1n) is 8.49. The lowest BCUT2D eigenvalue weighted by Gasteiger charge is -2.13. The number of amides is 2. The predicted octanol–water partition coefficient (Wildman–Crippen LogP) is 2.04. The van der Waals surface area contributed by atoms with Crippen molar-refractivity contribution in [1.29, 1.82) is 0 Å². The molecule has 2 aromatic carbocycles. The van der Waals surface area contributed by atoms with Gasteiger partial charge in [-0.15, -0.1) is 0 Å². The quantitative estimate of drug-likeness (QED) is 0.432. The largest absolute Gasteiger partial charge is 0.493 e. The summed E-state index contributed by atoms with van der Waals surface area (Å²) in [4.78, 5) is 23.9. The van der Waals surface area contributed by atoms with Gasteiger partial charge in [0.15, 0.2) is 11.5 Å². The third-order valence-corrected chi connectivity index (χ3v) is 3.92. The second kappa shape index (κ2) is 9.96. The lowest BCUT2D eigenvalue weighted by molar-refractivity contribution is -0.139. The molecule has 0 radical (unpaired) electrons. The smallest absolute Gasteiger partial charge is 0.329 e. The number of nitrogens with zero attached hydrogens (tertiary/aromatic N) is 1. The molecule has 2 aromatic rings. The van der Waals surface area contributed by atoms with E-state index in [0.29, 0.717) is 22.8 Å². The topological polar surface area (TPSA) is 98.2 Å². The van der Waals surface area contributed by atoms with Crippen LogP contribution in [0.5, 0.6) is 17.2 Å². The number of ether oxygens (including phenoxy) is 3. The summed E-state index contributed by atoms with van der Waals surface area (Å²) < 4.78 is 15.7. The average Bonchev–Trinajstić information content (AvgIpc) is 2.73. The molecule has 0 aliphatic carbocycles. The Balaban J connectivity index is 2.00. The monoisotopic (exact) mass is 385 g/mol. The van der Waals surface area contributed by atoms with E-state index in [2.05, 4.69) is 15.8 Å². The molecular formula is C20H23N3O5. The Hall–Kier alpha value is -3.55. The first-order valence-corrected chi connectivity index (χ1v) is 8.49. The molecule has 1 atom stereocenters. The van der Waals surface area contributed by atoms with Gasteiger partial charge in [-0.2, -0.15) is 5.10 Å². The number of benzene rings is 2. The van der Waals surface area contributed by atoms with Crippen molar-refractivity contribution in [3.63, 3.8) is 0 Å². The molecule has 0 aromatic heterocycles. The van der Waals surface area contributed by atoms with Crippen LogP contribution in [0.15, 0.2) is 47.6 Å². The summed E-state index contributed by atoms with van der Waals surface area (Å²) in [5.41, 5.74) is 3.68. The number of carbonyl (C=O) groups is 2. The first-order chi connectivity index (χ1) is 13.5. The normalized spacial score (nSPS) is 11.6. The Morgan fingerprint density at radius 1 is 0.964 bits per heavy atom. The van der Waals surface area contributed by atoms with Gasteiger partial charge >= 0.3 is 11.8 Å². The molecule has 0 heterocycles. The highest BCUT2D eigenvalue weighted by Gasteiger charge is 2.16. The summed E-state index contributed by atoms with van der Waals surface area (Å²) in [5.74, 6) is -0.307. The van der Waals surface area contributed by atoms with E-state index in [9.17, 15) is 9.59 Å². The third-order valence-electron chi connectivity index (χ3n) is 3.92. The molecule has 2 rings (SSSR count). The van der Waals surface area contributed by atoms with Gasteiger partial charge in [0.05, 0.1) is 33.6 Å². The van der Waals surface area contributed by atoms with Crippen LogP contribution in [0.25, 0.3) is 0 Å². The molecule has 0 fully saturated rings. The van der Waals surface area contributed by atoms with Gasteiger partial charge < -0.3 is 19.5 Å². The molecule has 28 heavy (non-hydrogen) atoms. The molecule has 2 amide bonds. The van der Waals surface area contributed by atoms with Crippen LogP contribution in [-0.2, 0) is 9.59 Å². The molecule has 0 aliphatic rings. The Morgan fingerprint density at radius 3 is 2.11 bits per heavy atom. The maximum atomic E-state index is 12.0. The molecule has 148 valence electrons. The van der Waals surface area contributed by atoms with Crippen molar-refractivity contribution < 1.29 is 23.8 Å². The maximum Gasteiger partial charge on any atom is 0.329 e. The van der Waals surface area contributed by atoms with Crippen LogP contribution < -0.4 is 25.0 Å². The first kappa shape index (κ1) is 20.8. The van der Waals surface area contributed by atoms with Crippen LogP contribution in [0.4, 0.5) is 0 Å². The third kappa shape index (κ3) is 5.23. The predicted molar refractivity (Wildman–Crippen MR) is 105 cm³/mol. The molecule has 0 saturated carbocycles. The van der Waals surface area contributed by atoms with E-state index in [0.717, 1.165) is 5.56 Å². The van der Waals surface area contributed by atoms with Crippen molar-refractivity contribution >= 4 is 18.0 Å². The fraction of sp³-hybridized carbons (Fsp3) is 0.250. The lowest BCUT2D eigenvalue weighted by Crippen LogP contribution is -2.39. The van der Waals surface area contributed by atoms with Gasteiger partial charge in [-0.3, -0.25) is 9.59 Å². The second-order valence-electron chi connectivity index (χ2n) is 5.76. The van der Waals surface area contributed by atoms with Crippen molar-refractivity contribution in [1.82, 2.24) is 10.7 Å². The minimum Gasteiger partial charge on any atom is -0.493 e. The molecular weight excluding hydrogens is 362 g/mol. The summed E-state index contributed by atoms with van der Waals surface area (Å²) in [6, 6.07) is 12.3. The van der Waals surface area contributed by atoms with Gasteiger partial charge in [0, 0.05) is 5.56 Å². The zero-order valence-electron chi connectivity index (χ0n) is 16.2. The highest BCUT2D eigenvalue weighted by Crippen LogP contribution is 2.37. The number of nitrogens with one attached hydrogen (secondary N) is 2. The summed E-state index contributed by atoms with van der Waals surface area (Å²) in [5, 5.41) is 6.43. The van der Waals surface area contributed by atoms with Crippen molar-refractivity contribution in [2.75, 3.05) is 21.3 Å². The standard InChI is InChI=1S/C20H23N3O5/c1-13(15-8-6-5-7-9-15)22-19(24)20(25)23-21-12-14-10-16(26-2)18(28-4)17(11-14)27-3/h5-13H,1-4H3,(H,22,24)(H,23,25)/t13-/m1/s1. The van der Waals surface area contributed by atoms with Crippen molar-refractivity contribution in [2.24, 2.45) is 5.10 Å². The molecule has 0 unspecified atom stereocenters. The van der Waals surface area contributed by atoms with Gasteiger partial charge in [0.1, 0.15) is 0 Å². The van der Waals surface area contributed by atoms with E-state index < -0.39 is 11.8 Å². The Bertz CT molecular complexity index is 827. The van der Waals surface area contributed by atoms with Crippen molar-refractivity contribution in [3.05, 3.63) is 53.6 Å². The van der Waals surface area contributed by atoms with Crippen LogP contribution in [0.3, 0.4) is 0 Å². The molecule has 8 nitrogen and oxygen atoms in total. The number of rotatable bonds is 7. The molecule has 0 saturated heterocycles. The number of hydrazone groups is 1. The van der Waals surface area contributed by atoms with Gasteiger partial charge in [-0.25, -0.2) is 5.43 Å². The van der Waals surface area contributed by atoms with Gasteiger partial charge in [-0.05, 0) is 24.6 Å². The number of hydrogen-bond donors (Lipinski definition) is 2. The van der Waals surface area contributed by atoms with E-state index in [1.165, 1.54) is 27.5 Å². The number of hydrogen-bond acceptors (Lipinski definition) is 6. The maximum absolute atomic E-state index is 12.0. The summed E-state index contributed by atoms with van der Waals surface area (Å²) in [7, 11) is 4.50. The van der Waals surface area contributed by atoms with Gasteiger partial charge in [-0.1, -0.05) is 30.3 Å². The van der Waals surface area contributed by atoms with Crippen LogP contribution >= 0.6 is 0 Å². The highest BCUT2D eigenvalue weighted by molar-refractivity contribution is 6.35. The minimum absolute atomic E-state index is 0.307. The Labute approximate surface area is 163 Å². The number of carbonyl (C=O) groups excluding carboxylic acids is 2. The molecule has 0 bridgehead atoms. The lowest BCUT2D eigenvalue weighted by atomic mass is 10.1. The van der Waals surface area contributed by atoms with Crippen LogP contribution in [0.1, 0.15) is 24.1 Å². The van der Waals surface area contributed by atoms with Crippen molar-refractivity contribution in [2.45, 2.75) is 13.0 Å². The second-order valence-corrected chi connectivity index (χ2v) is 5.76. The van der Waals surface area contributed by atoms with E-state index in [-0.39, 0.29) is 6.04 Å². The van der Waals surface area contributed by atoms with E-state index in [4.69, 9.17) is 14.2 Å². The summed E-state index contributed by atoms with van der Waals surface area (Å²) >= 11 is 0. The van der Waals surface area contributed by atoms with Crippen molar-refractivity contribution in [3.8, 4) is 17.2 Å². The highest BCUT2D eigenvalue weighted by atomic mass is 16.5. The molecule has 8 heteroatoms. The van der Waals surface area contributed by atoms with Gasteiger partial charge in [0.25, 0.3) is 0 Å². The zero-order chi connectivity index (χ0) is 20.5. The molecule has 2 N–H and O–H groups in total. The number of methoxy groups -OCH3 is 3. The van der Waals surface area contributed by atoms with E-state index in [1.807, 2.05) is 30.3 Å². The fourth-order valence-electron chi connectivity index (χ4n) is 2.48. The fourth-order valence-corrected chi connectivity index (χ4v) is 2.48. The molecule has 0 spiro atoms. The molecule has 0 aliphatic heterocycles. The van der Waals surface area contributed by atoms with Gasteiger partial charge in [0.2, 0.25) is 5.75 Å². The Kier molecular flexibility index (Phi) is 7.38. The average molecular weight is 385 g/mol. The van der Waals surface area contributed by atoms with Crippen LogP contribution in [0.2, 0.25) is 0 Å². The summed E-state index contributed by atoms with van der Waals surface area (Å²) in [6.45, 7) is 1.79.